The van der Waals surface area contributed by atoms with Gasteiger partial charge in [0.2, 0.25) is 0 Å². The second-order valence-corrected chi connectivity index (χ2v) is 4.38. The van der Waals surface area contributed by atoms with Crippen LogP contribution in [-0.4, -0.2) is 25.7 Å². The second-order valence-electron chi connectivity index (χ2n) is 4.38. The fourth-order valence-corrected chi connectivity index (χ4v) is 2.34. The summed E-state index contributed by atoms with van der Waals surface area (Å²) >= 11 is 0. The number of ether oxygens (including phenoxy) is 1. The second kappa shape index (κ2) is 3.91. The molecule has 1 aromatic carbocycles. The zero-order valence-corrected chi connectivity index (χ0v) is 9.91. The number of aryl methyl sites for hydroxylation is 1. The van der Waals surface area contributed by atoms with Gasteiger partial charge in [-0.2, -0.15) is 0 Å². The summed E-state index contributed by atoms with van der Waals surface area (Å²) in [4.78, 5) is 11.7. The quantitative estimate of drug-likeness (QED) is 0.785. The molecule has 0 bridgehead atoms. The number of benzene rings is 1. The van der Waals surface area contributed by atoms with Crippen molar-refractivity contribution < 1.29 is 9.53 Å². The molecule has 1 fully saturated rings. The van der Waals surface area contributed by atoms with E-state index in [2.05, 4.69) is 30.4 Å². The maximum absolute atomic E-state index is 11.7. The zero-order chi connectivity index (χ0) is 11.8. The summed E-state index contributed by atoms with van der Waals surface area (Å²) in [6, 6.07) is 8.29. The van der Waals surface area contributed by atoms with E-state index in [0.717, 1.165) is 6.42 Å². The van der Waals surface area contributed by atoms with Crippen molar-refractivity contribution in [1.82, 2.24) is 5.32 Å². The highest BCUT2D eigenvalue weighted by Crippen LogP contribution is 2.51. The third-order valence-electron chi connectivity index (χ3n) is 3.40. The molecule has 86 valence electrons. The van der Waals surface area contributed by atoms with Gasteiger partial charge in [0.15, 0.2) is 0 Å². The number of likely N-dealkylation sites (N-methyl/N-ethyl adjacent to an activating group) is 1. The lowest BCUT2D eigenvalue weighted by atomic mass is 10.0. The Morgan fingerprint density at radius 3 is 2.88 bits per heavy atom. The van der Waals surface area contributed by atoms with Gasteiger partial charge in [0, 0.05) is 5.92 Å². The monoisotopic (exact) mass is 219 g/mol. The summed E-state index contributed by atoms with van der Waals surface area (Å²) in [5, 5.41) is 3.10. The number of nitrogens with one attached hydrogen (secondary N) is 1. The molecule has 16 heavy (non-hydrogen) atoms. The summed E-state index contributed by atoms with van der Waals surface area (Å²) < 4.78 is 4.85. The fourth-order valence-electron chi connectivity index (χ4n) is 2.34. The number of carbonyl (C=O) groups excluding carboxylic acids is 1. The third-order valence-corrected chi connectivity index (χ3v) is 3.40. The predicted octanol–water partition coefficient (Wildman–Crippen LogP) is 1.61. The van der Waals surface area contributed by atoms with Crippen LogP contribution in [0.1, 0.15) is 23.5 Å². The summed E-state index contributed by atoms with van der Waals surface area (Å²) in [5.41, 5.74) is 1.93. The van der Waals surface area contributed by atoms with Crippen LogP contribution in [0, 0.1) is 6.92 Å². The molecule has 1 aliphatic rings. The Hall–Kier alpha value is -1.35. The van der Waals surface area contributed by atoms with Gasteiger partial charge < -0.3 is 10.1 Å². The van der Waals surface area contributed by atoms with Gasteiger partial charge in [0.1, 0.15) is 5.54 Å². The van der Waals surface area contributed by atoms with Crippen LogP contribution in [-0.2, 0) is 9.53 Å². The molecule has 1 N–H and O–H groups in total. The average Bonchev–Trinajstić information content (AvgIpc) is 3.04. The largest absolute Gasteiger partial charge is 0.468 e. The lowest BCUT2D eigenvalue weighted by molar-refractivity contribution is -0.144. The van der Waals surface area contributed by atoms with E-state index in [9.17, 15) is 4.79 Å². The highest BCUT2D eigenvalue weighted by molar-refractivity contribution is 5.87. The van der Waals surface area contributed by atoms with Crippen molar-refractivity contribution in [3.63, 3.8) is 0 Å². The lowest BCUT2D eigenvalue weighted by Gasteiger charge is -2.14. The van der Waals surface area contributed by atoms with E-state index >= 15 is 0 Å². The molecule has 1 aromatic rings. The number of hydrogen-bond acceptors (Lipinski definition) is 3. The van der Waals surface area contributed by atoms with Crippen molar-refractivity contribution in [1.29, 1.82) is 0 Å². The van der Waals surface area contributed by atoms with Crippen molar-refractivity contribution >= 4 is 5.97 Å². The normalized spacial score (nSPS) is 27.6. The molecular weight excluding hydrogens is 202 g/mol. The van der Waals surface area contributed by atoms with Crippen molar-refractivity contribution in [2.75, 3.05) is 14.2 Å². The van der Waals surface area contributed by atoms with Crippen LogP contribution < -0.4 is 5.32 Å². The fraction of sp³-hybridized carbons (Fsp3) is 0.462. The first-order valence-electron chi connectivity index (χ1n) is 5.48. The average molecular weight is 219 g/mol. The van der Waals surface area contributed by atoms with E-state index in [0.29, 0.717) is 0 Å². The molecule has 0 aliphatic heterocycles. The van der Waals surface area contributed by atoms with Gasteiger partial charge in [-0.1, -0.05) is 29.8 Å². The Morgan fingerprint density at radius 2 is 2.31 bits per heavy atom. The first-order chi connectivity index (χ1) is 7.64. The number of methoxy groups -OCH3 is 1. The molecule has 2 unspecified atom stereocenters. The Morgan fingerprint density at radius 1 is 1.56 bits per heavy atom. The first-order valence-corrected chi connectivity index (χ1v) is 5.48. The Balaban J connectivity index is 2.24. The summed E-state index contributed by atoms with van der Waals surface area (Å²) in [6.07, 6.45) is 0.819. The predicted molar refractivity (Wildman–Crippen MR) is 62.3 cm³/mol. The lowest BCUT2D eigenvalue weighted by Crippen LogP contribution is -2.39. The van der Waals surface area contributed by atoms with E-state index in [-0.39, 0.29) is 11.9 Å². The van der Waals surface area contributed by atoms with Gasteiger partial charge in [-0.25, -0.2) is 0 Å². The first kappa shape index (κ1) is 11.1. The third kappa shape index (κ3) is 1.61. The summed E-state index contributed by atoms with van der Waals surface area (Å²) in [6.45, 7) is 2.06. The van der Waals surface area contributed by atoms with E-state index in [1.807, 2.05) is 13.1 Å². The van der Waals surface area contributed by atoms with Crippen LogP contribution in [0.3, 0.4) is 0 Å². The van der Waals surface area contributed by atoms with Gasteiger partial charge in [-0.15, -0.1) is 0 Å². The highest BCUT2D eigenvalue weighted by Gasteiger charge is 2.60. The van der Waals surface area contributed by atoms with Gasteiger partial charge in [0.05, 0.1) is 7.11 Å². The molecule has 2 atom stereocenters. The Kier molecular flexibility index (Phi) is 2.72. The smallest absolute Gasteiger partial charge is 0.326 e. The highest BCUT2D eigenvalue weighted by atomic mass is 16.5. The molecule has 0 amide bonds. The molecular formula is C13H17NO2. The maximum atomic E-state index is 11.7. The number of carbonyl (C=O) groups is 1. The SMILES string of the molecule is CNC1(C(=O)OC)CC1c1cccc(C)c1. The number of esters is 1. The van der Waals surface area contributed by atoms with Crippen LogP contribution >= 0.6 is 0 Å². The molecule has 0 aromatic heterocycles. The minimum absolute atomic E-state index is 0.165. The van der Waals surface area contributed by atoms with Gasteiger partial charge >= 0.3 is 5.97 Å². The van der Waals surface area contributed by atoms with Crippen LogP contribution in [0.4, 0.5) is 0 Å². The minimum Gasteiger partial charge on any atom is -0.468 e. The molecule has 1 saturated carbocycles. The topological polar surface area (TPSA) is 38.3 Å². The summed E-state index contributed by atoms with van der Waals surface area (Å²) in [7, 11) is 3.25. The van der Waals surface area contributed by atoms with Gasteiger partial charge in [0.25, 0.3) is 0 Å². The molecule has 0 spiro atoms. The summed E-state index contributed by atoms with van der Waals surface area (Å²) in [5.74, 6) is 0.0753. The Bertz CT molecular complexity index is 416. The van der Waals surface area contributed by atoms with Crippen LogP contribution in [0.2, 0.25) is 0 Å². The number of rotatable bonds is 3. The zero-order valence-electron chi connectivity index (χ0n) is 9.91. The van der Waals surface area contributed by atoms with Crippen LogP contribution in [0.5, 0.6) is 0 Å². The molecule has 0 heterocycles. The van der Waals surface area contributed by atoms with Crippen LogP contribution in [0.15, 0.2) is 24.3 Å². The Labute approximate surface area is 95.8 Å². The van der Waals surface area contributed by atoms with Crippen molar-refractivity contribution in [2.24, 2.45) is 0 Å². The minimum atomic E-state index is -0.497. The molecule has 3 heteroatoms. The van der Waals surface area contributed by atoms with E-state index < -0.39 is 5.54 Å². The van der Waals surface area contributed by atoms with Crippen molar-refractivity contribution in [2.45, 2.75) is 24.8 Å². The van der Waals surface area contributed by atoms with E-state index in [1.165, 1.54) is 18.2 Å². The van der Waals surface area contributed by atoms with Gasteiger partial charge in [-0.05, 0) is 26.0 Å². The van der Waals surface area contributed by atoms with E-state index in [4.69, 9.17) is 4.74 Å². The van der Waals surface area contributed by atoms with E-state index in [1.54, 1.807) is 0 Å². The molecule has 0 saturated heterocycles. The van der Waals surface area contributed by atoms with Crippen molar-refractivity contribution in [3.8, 4) is 0 Å². The maximum Gasteiger partial charge on any atom is 0.326 e. The number of hydrogen-bond donors (Lipinski definition) is 1. The molecule has 1 aliphatic carbocycles. The molecule has 3 nitrogen and oxygen atoms in total. The standard InChI is InChI=1S/C13H17NO2/c1-9-5-4-6-10(7-9)11-8-13(11,14-2)12(15)16-3/h4-7,11,14H,8H2,1-3H3. The van der Waals surface area contributed by atoms with Crippen LogP contribution in [0.25, 0.3) is 0 Å². The molecule has 0 radical (unpaired) electrons. The molecule has 2 rings (SSSR count). The van der Waals surface area contributed by atoms with Gasteiger partial charge in [-0.3, -0.25) is 4.79 Å². The van der Waals surface area contributed by atoms with Crippen molar-refractivity contribution in [3.05, 3.63) is 35.4 Å².